The molecule has 0 saturated carbocycles. The number of fused-ring (bicyclic) bond motifs is 1. The minimum atomic E-state index is -0.346. The van der Waals surface area contributed by atoms with E-state index in [-0.39, 0.29) is 5.82 Å². The lowest BCUT2D eigenvalue weighted by atomic mass is 10.1. The first-order chi connectivity index (χ1) is 12.3. The molecule has 0 aliphatic heterocycles. The van der Waals surface area contributed by atoms with Crippen LogP contribution in [0.2, 0.25) is 0 Å². The van der Waals surface area contributed by atoms with Crippen LogP contribution in [0, 0.1) is 5.82 Å². The smallest absolute Gasteiger partial charge is 0.244 e. The molecule has 0 unspecified atom stereocenters. The van der Waals surface area contributed by atoms with E-state index in [0.717, 1.165) is 16.5 Å². The first kappa shape index (κ1) is 14.9. The molecule has 0 amide bonds. The lowest BCUT2D eigenvalue weighted by Gasteiger charge is -2.07. The Bertz CT molecular complexity index is 1050. The van der Waals surface area contributed by atoms with Gasteiger partial charge in [-0.25, -0.2) is 9.82 Å². The topological polar surface area (TPSA) is 68.0 Å². The van der Waals surface area contributed by atoms with Crippen molar-refractivity contribution in [2.75, 3.05) is 5.43 Å². The third kappa shape index (κ3) is 2.94. The van der Waals surface area contributed by atoms with Gasteiger partial charge in [-0.15, -0.1) is 0 Å². The second kappa shape index (κ2) is 6.48. The van der Waals surface area contributed by atoms with E-state index in [1.807, 2.05) is 42.5 Å². The predicted octanol–water partition coefficient (Wildman–Crippen LogP) is 3.40. The van der Waals surface area contributed by atoms with Gasteiger partial charge in [0, 0.05) is 10.9 Å². The van der Waals surface area contributed by atoms with Gasteiger partial charge in [0.25, 0.3) is 5.95 Å². The van der Waals surface area contributed by atoms with E-state index in [4.69, 9.17) is 0 Å². The van der Waals surface area contributed by atoms with Gasteiger partial charge in [-0.05, 0) is 27.9 Å². The lowest BCUT2D eigenvalue weighted by molar-refractivity contribution is 0.626. The second-order valence-corrected chi connectivity index (χ2v) is 5.30. The normalized spacial score (nSPS) is 11.2. The molecule has 25 heavy (non-hydrogen) atoms. The van der Waals surface area contributed by atoms with Crippen molar-refractivity contribution in [3.63, 3.8) is 0 Å². The fourth-order valence-corrected chi connectivity index (χ4v) is 2.55. The summed E-state index contributed by atoms with van der Waals surface area (Å²) < 4.78 is 15.2. The number of nitrogens with zero attached hydrogens (tertiary/aromatic N) is 5. The first-order valence-corrected chi connectivity index (χ1v) is 7.63. The molecule has 6 nitrogen and oxygen atoms in total. The SMILES string of the molecule is Fc1ccccc1/C=N/Nc1nnnn1-c1cccc2ccccc12. The molecule has 0 radical (unpaired) electrons. The van der Waals surface area contributed by atoms with E-state index >= 15 is 0 Å². The quantitative estimate of drug-likeness (QED) is 0.459. The highest BCUT2D eigenvalue weighted by atomic mass is 19.1. The zero-order valence-corrected chi connectivity index (χ0v) is 13.0. The molecule has 1 N–H and O–H groups in total. The third-order valence-corrected chi connectivity index (χ3v) is 3.74. The predicted molar refractivity (Wildman–Crippen MR) is 94.3 cm³/mol. The number of hydrazone groups is 1. The summed E-state index contributed by atoms with van der Waals surface area (Å²) in [6, 6.07) is 20.2. The number of rotatable bonds is 4. The van der Waals surface area contributed by atoms with Gasteiger partial charge in [-0.3, -0.25) is 0 Å². The molecule has 0 fully saturated rings. The van der Waals surface area contributed by atoms with Crippen LogP contribution in [0.1, 0.15) is 5.56 Å². The van der Waals surface area contributed by atoms with Crippen LogP contribution in [-0.2, 0) is 0 Å². The van der Waals surface area contributed by atoms with Crippen molar-refractivity contribution in [1.82, 2.24) is 20.2 Å². The van der Waals surface area contributed by atoms with Crippen molar-refractivity contribution in [1.29, 1.82) is 0 Å². The summed E-state index contributed by atoms with van der Waals surface area (Å²) in [4.78, 5) is 0. The van der Waals surface area contributed by atoms with Crippen molar-refractivity contribution in [3.05, 3.63) is 78.1 Å². The molecule has 1 heterocycles. The molecule has 0 atom stereocenters. The van der Waals surface area contributed by atoms with Crippen molar-refractivity contribution in [2.45, 2.75) is 0 Å². The average molecular weight is 332 g/mol. The fraction of sp³-hybridized carbons (Fsp3) is 0. The number of nitrogens with one attached hydrogen (secondary N) is 1. The Labute approximate surface area is 142 Å². The highest BCUT2D eigenvalue weighted by Gasteiger charge is 2.10. The van der Waals surface area contributed by atoms with E-state index in [1.165, 1.54) is 12.3 Å². The maximum Gasteiger partial charge on any atom is 0.268 e. The van der Waals surface area contributed by atoms with Crippen LogP contribution >= 0.6 is 0 Å². The maximum absolute atomic E-state index is 13.6. The summed E-state index contributed by atoms with van der Waals surface area (Å²) >= 11 is 0. The molecule has 122 valence electrons. The number of aromatic nitrogens is 4. The Balaban J connectivity index is 1.66. The second-order valence-electron chi connectivity index (χ2n) is 5.30. The number of anilines is 1. The molecule has 7 heteroatoms. The van der Waals surface area contributed by atoms with Crippen molar-refractivity contribution in [2.24, 2.45) is 5.10 Å². The van der Waals surface area contributed by atoms with E-state index < -0.39 is 0 Å². The number of tetrazole rings is 1. The largest absolute Gasteiger partial charge is 0.268 e. The summed E-state index contributed by atoms with van der Waals surface area (Å²) in [6.07, 6.45) is 1.39. The standard InChI is InChI=1S/C18H13FN6/c19-16-10-4-2-7-14(16)12-20-21-18-22-23-24-25(18)17-11-5-8-13-6-1-3-9-15(13)17/h1-12H,(H,21,22,24)/b20-12+. The molecule has 0 bridgehead atoms. The summed E-state index contributed by atoms with van der Waals surface area (Å²) in [5, 5.41) is 17.8. The van der Waals surface area contributed by atoms with Crippen LogP contribution in [-0.4, -0.2) is 26.4 Å². The summed E-state index contributed by atoms with van der Waals surface area (Å²) in [5.74, 6) is -0.00867. The van der Waals surface area contributed by atoms with Gasteiger partial charge in [0.15, 0.2) is 0 Å². The number of benzene rings is 3. The van der Waals surface area contributed by atoms with Crippen LogP contribution in [0.4, 0.5) is 10.3 Å². The zero-order chi connectivity index (χ0) is 17.1. The Morgan fingerprint density at radius 2 is 1.76 bits per heavy atom. The van der Waals surface area contributed by atoms with Gasteiger partial charge in [-0.1, -0.05) is 59.7 Å². The molecule has 4 aromatic rings. The van der Waals surface area contributed by atoms with Crippen molar-refractivity contribution in [3.8, 4) is 5.69 Å². The molecule has 0 saturated heterocycles. The first-order valence-electron chi connectivity index (χ1n) is 7.63. The van der Waals surface area contributed by atoms with Crippen molar-refractivity contribution >= 4 is 22.9 Å². The molecule has 3 aromatic carbocycles. The molecular formula is C18H13FN6. The maximum atomic E-state index is 13.6. The van der Waals surface area contributed by atoms with Crippen LogP contribution in [0.25, 0.3) is 16.5 Å². The fourth-order valence-electron chi connectivity index (χ4n) is 2.55. The minimum Gasteiger partial charge on any atom is -0.244 e. The molecule has 0 spiro atoms. The summed E-state index contributed by atoms with van der Waals surface area (Å²) in [5.41, 5.74) is 3.96. The van der Waals surface area contributed by atoms with Crippen LogP contribution < -0.4 is 5.43 Å². The molecule has 1 aromatic heterocycles. The van der Waals surface area contributed by atoms with Gasteiger partial charge in [0.2, 0.25) is 0 Å². The van der Waals surface area contributed by atoms with Gasteiger partial charge in [0.05, 0.1) is 11.9 Å². The highest BCUT2D eigenvalue weighted by Crippen LogP contribution is 2.23. The monoisotopic (exact) mass is 332 g/mol. The number of hydrogen-bond acceptors (Lipinski definition) is 5. The van der Waals surface area contributed by atoms with Crippen molar-refractivity contribution < 1.29 is 4.39 Å². The summed E-state index contributed by atoms with van der Waals surface area (Å²) in [6.45, 7) is 0. The van der Waals surface area contributed by atoms with Gasteiger partial charge < -0.3 is 0 Å². The Hall–Kier alpha value is -3.61. The number of halogens is 1. The summed E-state index contributed by atoms with van der Waals surface area (Å²) in [7, 11) is 0. The number of hydrogen-bond donors (Lipinski definition) is 1. The minimum absolute atomic E-state index is 0.337. The average Bonchev–Trinajstić information content (AvgIpc) is 3.11. The Morgan fingerprint density at radius 1 is 0.960 bits per heavy atom. The van der Waals surface area contributed by atoms with E-state index in [2.05, 4.69) is 26.1 Å². The van der Waals surface area contributed by atoms with E-state index in [9.17, 15) is 4.39 Å². The molecular weight excluding hydrogens is 319 g/mol. The highest BCUT2D eigenvalue weighted by molar-refractivity contribution is 5.90. The van der Waals surface area contributed by atoms with Crippen LogP contribution in [0.15, 0.2) is 71.8 Å². The third-order valence-electron chi connectivity index (χ3n) is 3.74. The van der Waals surface area contributed by atoms with Gasteiger partial charge >= 0.3 is 0 Å². The van der Waals surface area contributed by atoms with E-state index in [0.29, 0.717) is 11.5 Å². The molecule has 0 aliphatic carbocycles. The Morgan fingerprint density at radius 3 is 2.68 bits per heavy atom. The lowest BCUT2D eigenvalue weighted by Crippen LogP contribution is -2.04. The van der Waals surface area contributed by atoms with Gasteiger partial charge in [0.1, 0.15) is 5.82 Å². The van der Waals surface area contributed by atoms with E-state index in [1.54, 1.807) is 22.9 Å². The zero-order valence-electron chi connectivity index (χ0n) is 13.0. The van der Waals surface area contributed by atoms with Gasteiger partial charge in [-0.2, -0.15) is 9.78 Å². The van der Waals surface area contributed by atoms with Crippen LogP contribution in [0.3, 0.4) is 0 Å². The molecule has 0 aliphatic rings. The molecule has 4 rings (SSSR count). The van der Waals surface area contributed by atoms with Crippen LogP contribution in [0.5, 0.6) is 0 Å². The Kier molecular flexibility index (Phi) is 3.88.